The van der Waals surface area contributed by atoms with Crippen LogP contribution in [0.5, 0.6) is 0 Å². The number of amides is 2. The normalized spacial score (nSPS) is 19.3. The second-order valence-corrected chi connectivity index (χ2v) is 7.69. The Morgan fingerprint density at radius 1 is 1.53 bits per heavy atom. The van der Waals surface area contributed by atoms with E-state index in [9.17, 15) is 9.59 Å². The molecule has 1 unspecified atom stereocenters. The van der Waals surface area contributed by atoms with Crippen molar-refractivity contribution in [3.8, 4) is 0 Å². The minimum atomic E-state index is -0.572. The molecule has 2 heterocycles. The summed E-state index contributed by atoms with van der Waals surface area (Å²) in [5.74, 6) is -0.371. The lowest BCUT2D eigenvalue weighted by molar-refractivity contribution is -0.130. The first-order chi connectivity index (χ1) is 9.04. The van der Waals surface area contributed by atoms with Crippen molar-refractivity contribution in [2.24, 2.45) is 0 Å². The van der Waals surface area contributed by atoms with Gasteiger partial charge >= 0.3 is 0 Å². The highest BCUT2D eigenvalue weighted by molar-refractivity contribution is 9.12. The highest BCUT2D eigenvalue weighted by atomic mass is 79.9. The van der Waals surface area contributed by atoms with E-state index in [4.69, 9.17) is 4.74 Å². The molecular formula is C11H12Br2N2O3S. The van der Waals surface area contributed by atoms with Crippen LogP contribution in [-0.2, 0) is 9.53 Å². The average Bonchev–Trinajstić information content (AvgIpc) is 2.76. The lowest BCUT2D eigenvalue weighted by atomic mass is 10.1. The molecular weight excluding hydrogens is 400 g/mol. The quantitative estimate of drug-likeness (QED) is 0.807. The minimum absolute atomic E-state index is 0.161. The summed E-state index contributed by atoms with van der Waals surface area (Å²) in [6, 6.07) is 1.19. The van der Waals surface area contributed by atoms with E-state index in [1.807, 2.05) is 0 Å². The first-order valence-electron chi connectivity index (χ1n) is 5.59. The topological polar surface area (TPSA) is 58.6 Å². The maximum atomic E-state index is 12.5. The number of nitrogens with zero attached hydrogens (tertiary/aromatic N) is 1. The zero-order chi connectivity index (χ0) is 14.0. The Balaban J connectivity index is 2.25. The van der Waals surface area contributed by atoms with Crippen molar-refractivity contribution in [1.29, 1.82) is 0 Å². The molecule has 0 bridgehead atoms. The van der Waals surface area contributed by atoms with Crippen molar-refractivity contribution in [3.63, 3.8) is 0 Å². The lowest BCUT2D eigenvalue weighted by Gasteiger charge is -2.34. The van der Waals surface area contributed by atoms with Crippen LogP contribution in [0.4, 0.5) is 0 Å². The van der Waals surface area contributed by atoms with Gasteiger partial charge in [-0.05, 0) is 37.9 Å². The third-order valence-electron chi connectivity index (χ3n) is 2.83. The molecule has 1 N–H and O–H groups in total. The van der Waals surface area contributed by atoms with E-state index in [2.05, 4.69) is 37.2 Å². The Hall–Kier alpha value is -0.440. The molecule has 1 aromatic rings. The van der Waals surface area contributed by atoms with Crippen molar-refractivity contribution in [2.45, 2.75) is 6.04 Å². The maximum Gasteiger partial charge on any atom is 0.256 e. The Kier molecular flexibility index (Phi) is 4.99. The van der Waals surface area contributed by atoms with Crippen molar-refractivity contribution in [3.05, 3.63) is 19.2 Å². The summed E-state index contributed by atoms with van der Waals surface area (Å²) in [5.41, 5.74) is 0.563. The van der Waals surface area contributed by atoms with Gasteiger partial charge in [0, 0.05) is 13.6 Å². The summed E-state index contributed by atoms with van der Waals surface area (Å²) in [6.45, 7) is 1.09. The molecule has 2 rings (SSSR count). The predicted molar refractivity (Wildman–Crippen MR) is 79.4 cm³/mol. The molecule has 104 valence electrons. The number of rotatable bonds is 2. The minimum Gasteiger partial charge on any atom is -0.377 e. The van der Waals surface area contributed by atoms with Gasteiger partial charge in [0.25, 0.3) is 5.91 Å². The highest BCUT2D eigenvalue weighted by Gasteiger charge is 2.33. The number of ether oxygens (including phenoxy) is 1. The summed E-state index contributed by atoms with van der Waals surface area (Å²) in [4.78, 5) is 25.9. The van der Waals surface area contributed by atoms with Crippen molar-refractivity contribution in [2.75, 3.05) is 26.8 Å². The smallest absolute Gasteiger partial charge is 0.256 e. The third-order valence-corrected chi connectivity index (χ3v) is 5.16. The molecule has 0 spiro atoms. The van der Waals surface area contributed by atoms with Crippen LogP contribution in [0.15, 0.2) is 13.6 Å². The second-order valence-electron chi connectivity index (χ2n) is 3.94. The van der Waals surface area contributed by atoms with Gasteiger partial charge in [-0.1, -0.05) is 0 Å². The van der Waals surface area contributed by atoms with Crippen LogP contribution in [0.2, 0.25) is 0 Å². The van der Waals surface area contributed by atoms with Gasteiger partial charge in [0.2, 0.25) is 5.91 Å². The standard InChI is InChI=1S/C11H12Br2N2O3S/c1-14-10(16)7-5-18-3-2-15(7)11(17)6-4-8(12)19-9(6)13/h4,7H,2-3,5H2,1H3,(H,14,16). The maximum absolute atomic E-state index is 12.5. The monoisotopic (exact) mass is 410 g/mol. The fourth-order valence-corrected chi connectivity index (χ4v) is 4.65. The number of halogens is 2. The van der Waals surface area contributed by atoms with Gasteiger partial charge in [-0.3, -0.25) is 9.59 Å². The average molecular weight is 412 g/mol. The van der Waals surface area contributed by atoms with Gasteiger partial charge in [-0.2, -0.15) is 0 Å². The first-order valence-corrected chi connectivity index (χ1v) is 8.00. The van der Waals surface area contributed by atoms with Crippen LogP contribution < -0.4 is 5.32 Å². The van der Waals surface area contributed by atoms with Crippen LogP contribution in [0.25, 0.3) is 0 Å². The number of thiophene rings is 1. The molecule has 0 aliphatic carbocycles. The summed E-state index contributed by atoms with van der Waals surface area (Å²) >= 11 is 8.15. The zero-order valence-corrected chi connectivity index (χ0v) is 14.1. The van der Waals surface area contributed by atoms with Crippen LogP contribution in [-0.4, -0.2) is 49.6 Å². The lowest BCUT2D eigenvalue weighted by Crippen LogP contribution is -2.55. The highest BCUT2D eigenvalue weighted by Crippen LogP contribution is 2.33. The molecule has 0 radical (unpaired) electrons. The van der Waals surface area contributed by atoms with E-state index >= 15 is 0 Å². The van der Waals surface area contributed by atoms with E-state index < -0.39 is 6.04 Å². The number of hydrogen-bond acceptors (Lipinski definition) is 4. The van der Waals surface area contributed by atoms with E-state index in [-0.39, 0.29) is 18.4 Å². The largest absolute Gasteiger partial charge is 0.377 e. The Bertz CT molecular complexity index is 506. The molecule has 1 aromatic heterocycles. The number of likely N-dealkylation sites (N-methyl/N-ethyl adjacent to an activating group) is 1. The number of carbonyl (C=O) groups is 2. The van der Waals surface area contributed by atoms with E-state index in [0.717, 1.165) is 7.57 Å². The second kappa shape index (κ2) is 6.34. The number of morpholine rings is 1. The van der Waals surface area contributed by atoms with Gasteiger partial charge in [0.05, 0.1) is 26.4 Å². The molecule has 1 fully saturated rings. The zero-order valence-electron chi connectivity index (χ0n) is 10.1. The summed E-state index contributed by atoms with van der Waals surface area (Å²) in [7, 11) is 1.55. The Morgan fingerprint density at radius 2 is 2.26 bits per heavy atom. The Labute approximate surface area is 131 Å². The van der Waals surface area contributed by atoms with Crippen molar-refractivity contribution in [1.82, 2.24) is 10.2 Å². The van der Waals surface area contributed by atoms with Gasteiger partial charge in [0.1, 0.15) is 6.04 Å². The van der Waals surface area contributed by atoms with Crippen LogP contribution >= 0.6 is 43.2 Å². The van der Waals surface area contributed by atoms with Crippen LogP contribution in [0, 0.1) is 0 Å². The van der Waals surface area contributed by atoms with Crippen molar-refractivity contribution < 1.29 is 14.3 Å². The third kappa shape index (κ3) is 3.18. The molecule has 0 aromatic carbocycles. The van der Waals surface area contributed by atoms with Crippen LogP contribution in [0.1, 0.15) is 10.4 Å². The molecule has 5 nitrogen and oxygen atoms in total. The summed E-state index contributed by atoms with van der Waals surface area (Å²) < 4.78 is 6.91. The molecule has 2 amide bonds. The molecule has 1 aliphatic heterocycles. The number of hydrogen-bond donors (Lipinski definition) is 1. The SMILES string of the molecule is CNC(=O)C1COCCN1C(=O)c1cc(Br)sc1Br. The van der Waals surface area contributed by atoms with Gasteiger partial charge in [0.15, 0.2) is 0 Å². The predicted octanol–water partition coefficient (Wildman–Crippen LogP) is 1.86. The summed E-state index contributed by atoms with van der Waals surface area (Å²) in [5, 5.41) is 2.56. The molecule has 19 heavy (non-hydrogen) atoms. The van der Waals surface area contributed by atoms with E-state index in [0.29, 0.717) is 18.7 Å². The fraction of sp³-hybridized carbons (Fsp3) is 0.455. The fourth-order valence-electron chi connectivity index (χ4n) is 1.87. The van der Waals surface area contributed by atoms with Gasteiger partial charge in [-0.15, -0.1) is 11.3 Å². The molecule has 0 saturated carbocycles. The molecule has 1 atom stereocenters. The summed E-state index contributed by atoms with van der Waals surface area (Å²) in [6.07, 6.45) is 0. The van der Waals surface area contributed by atoms with Gasteiger partial charge < -0.3 is 15.0 Å². The Morgan fingerprint density at radius 3 is 2.84 bits per heavy atom. The van der Waals surface area contributed by atoms with Crippen LogP contribution in [0.3, 0.4) is 0 Å². The molecule has 8 heteroatoms. The van der Waals surface area contributed by atoms with E-state index in [1.165, 1.54) is 11.3 Å². The molecule has 1 saturated heterocycles. The van der Waals surface area contributed by atoms with Crippen molar-refractivity contribution >= 4 is 55.0 Å². The number of nitrogens with one attached hydrogen (secondary N) is 1. The van der Waals surface area contributed by atoms with E-state index in [1.54, 1.807) is 18.0 Å². The molecule has 1 aliphatic rings. The van der Waals surface area contributed by atoms with Gasteiger partial charge in [-0.25, -0.2) is 0 Å². The number of carbonyl (C=O) groups excluding carboxylic acids is 2. The first kappa shape index (κ1) is 15.0.